The molecule has 10 heteroatoms. The van der Waals surface area contributed by atoms with Crippen molar-refractivity contribution in [1.82, 2.24) is 4.72 Å². The topological polar surface area (TPSA) is 118 Å². The molecular weight excluding hydrogens is 285 g/mol. The zero-order chi connectivity index (χ0) is 14.0. The molecule has 7 nitrogen and oxygen atoms in total. The molecule has 0 atom stereocenters. The largest absolute Gasteiger partial charge is 0.299 e. The van der Waals surface area contributed by atoms with Crippen LogP contribution in [-0.4, -0.2) is 23.4 Å². The van der Waals surface area contributed by atoms with Crippen molar-refractivity contribution in [3.63, 3.8) is 0 Å². The van der Waals surface area contributed by atoms with Crippen molar-refractivity contribution in [2.75, 3.05) is 11.3 Å². The summed E-state index contributed by atoms with van der Waals surface area (Å²) in [6, 6.07) is 2.62. The first kappa shape index (κ1) is 14.8. The lowest BCUT2D eigenvalue weighted by atomic mass is 10.3. The Bertz CT molecular complexity index is 642. The average molecular weight is 297 g/mol. The molecule has 18 heavy (non-hydrogen) atoms. The van der Waals surface area contributed by atoms with Crippen LogP contribution in [0.2, 0.25) is 0 Å². The first-order chi connectivity index (χ1) is 8.15. The van der Waals surface area contributed by atoms with Crippen molar-refractivity contribution >= 4 is 25.9 Å². The Balaban J connectivity index is 3.08. The molecule has 1 aromatic carbocycles. The van der Waals surface area contributed by atoms with Crippen LogP contribution in [0.5, 0.6) is 0 Å². The molecule has 0 heterocycles. The van der Waals surface area contributed by atoms with Gasteiger partial charge in [-0.1, -0.05) is 6.92 Å². The van der Waals surface area contributed by atoms with E-state index >= 15 is 0 Å². The number of nitrogens with one attached hydrogen (secondary N) is 2. The number of rotatable bonds is 5. The molecule has 1 rings (SSSR count). The molecule has 0 saturated heterocycles. The Kier molecular flexibility index (Phi) is 4.27. The van der Waals surface area contributed by atoms with Gasteiger partial charge in [-0.25, -0.2) is 17.9 Å². The highest BCUT2D eigenvalue weighted by atomic mass is 32.2. The van der Waals surface area contributed by atoms with Crippen LogP contribution in [0.3, 0.4) is 0 Å². The summed E-state index contributed by atoms with van der Waals surface area (Å²) in [5.41, 5.74) is -0.372. The quantitative estimate of drug-likeness (QED) is 0.693. The molecule has 0 spiro atoms. The summed E-state index contributed by atoms with van der Waals surface area (Å²) in [6.45, 7) is 1.69. The predicted molar refractivity (Wildman–Crippen MR) is 64.0 cm³/mol. The summed E-state index contributed by atoms with van der Waals surface area (Å²) in [7, 11) is -7.91. The molecular formula is C8H12FN3O4S2. The molecule has 0 aliphatic heterocycles. The van der Waals surface area contributed by atoms with Crippen molar-refractivity contribution < 1.29 is 21.2 Å². The molecule has 0 aliphatic rings. The van der Waals surface area contributed by atoms with Gasteiger partial charge in [0.05, 0.1) is 10.6 Å². The van der Waals surface area contributed by atoms with Gasteiger partial charge >= 0.3 is 0 Å². The highest BCUT2D eigenvalue weighted by molar-refractivity contribution is 7.90. The lowest BCUT2D eigenvalue weighted by Gasteiger charge is -2.09. The number of hydrogen-bond donors (Lipinski definition) is 3. The Morgan fingerprint density at radius 2 is 1.89 bits per heavy atom. The molecule has 0 fully saturated rings. The number of halogens is 1. The predicted octanol–water partition coefficient (Wildman–Crippen LogP) is -0.261. The van der Waals surface area contributed by atoms with Crippen molar-refractivity contribution in [2.24, 2.45) is 5.14 Å². The second kappa shape index (κ2) is 5.18. The van der Waals surface area contributed by atoms with Gasteiger partial charge in [0.25, 0.3) is 10.2 Å². The summed E-state index contributed by atoms with van der Waals surface area (Å²) in [6.07, 6.45) is 0. The van der Waals surface area contributed by atoms with Crippen LogP contribution >= 0.6 is 0 Å². The maximum Gasteiger partial charge on any atom is 0.299 e. The van der Waals surface area contributed by atoms with E-state index in [-0.39, 0.29) is 12.2 Å². The van der Waals surface area contributed by atoms with Gasteiger partial charge in [-0.05, 0) is 18.2 Å². The standard InChI is InChI=1S/C8H12FN3O4S2/c1-2-11-18(15,16)12-8-4-3-6(5-7(8)9)17(10,13)14/h3-5,11-12H,2H2,1H3,(H2,10,13,14). The Morgan fingerprint density at radius 3 is 2.33 bits per heavy atom. The minimum Gasteiger partial charge on any atom is -0.268 e. The van der Waals surface area contributed by atoms with Crippen LogP contribution in [0, 0.1) is 5.82 Å². The second-order valence-electron chi connectivity index (χ2n) is 3.29. The molecule has 0 radical (unpaired) electrons. The van der Waals surface area contributed by atoms with Crippen LogP contribution in [0.15, 0.2) is 23.1 Å². The maximum atomic E-state index is 13.5. The van der Waals surface area contributed by atoms with Gasteiger partial charge in [-0.3, -0.25) is 4.72 Å². The molecule has 1 aromatic rings. The fourth-order valence-electron chi connectivity index (χ4n) is 1.13. The van der Waals surface area contributed by atoms with Crippen LogP contribution in [0.1, 0.15) is 6.92 Å². The van der Waals surface area contributed by atoms with E-state index < -0.39 is 30.9 Å². The number of hydrogen-bond acceptors (Lipinski definition) is 4. The van der Waals surface area contributed by atoms with E-state index in [9.17, 15) is 21.2 Å². The summed E-state index contributed by atoms with van der Waals surface area (Å²) < 4.78 is 62.0. The number of sulfonamides is 1. The summed E-state index contributed by atoms with van der Waals surface area (Å²) in [4.78, 5) is -0.439. The van der Waals surface area contributed by atoms with E-state index in [0.29, 0.717) is 6.07 Å². The summed E-state index contributed by atoms with van der Waals surface area (Å²) in [5, 5.41) is 4.81. The monoisotopic (exact) mass is 297 g/mol. The van der Waals surface area contributed by atoms with Gasteiger partial charge in [0, 0.05) is 6.54 Å². The molecule has 0 saturated carbocycles. The van der Waals surface area contributed by atoms with Crippen LogP contribution in [0.4, 0.5) is 10.1 Å². The Morgan fingerprint density at radius 1 is 1.28 bits per heavy atom. The van der Waals surface area contributed by atoms with E-state index in [1.807, 2.05) is 4.72 Å². The number of nitrogens with two attached hydrogens (primary N) is 1. The number of benzene rings is 1. The third-order valence-electron chi connectivity index (χ3n) is 1.85. The van der Waals surface area contributed by atoms with Crippen molar-refractivity contribution in [3.8, 4) is 0 Å². The van der Waals surface area contributed by atoms with Gasteiger partial charge in [0.2, 0.25) is 10.0 Å². The highest BCUT2D eigenvalue weighted by Gasteiger charge is 2.15. The minimum atomic E-state index is -4.03. The molecule has 0 aliphatic carbocycles. The van der Waals surface area contributed by atoms with Gasteiger partial charge < -0.3 is 0 Å². The molecule has 102 valence electrons. The van der Waals surface area contributed by atoms with Gasteiger partial charge in [-0.15, -0.1) is 0 Å². The lowest BCUT2D eigenvalue weighted by molar-refractivity contribution is 0.586. The first-order valence-corrected chi connectivity index (χ1v) is 7.78. The zero-order valence-corrected chi connectivity index (χ0v) is 11.0. The minimum absolute atomic E-state index is 0.131. The molecule has 4 N–H and O–H groups in total. The summed E-state index contributed by atoms with van der Waals surface area (Å²) in [5.74, 6) is -1.04. The molecule has 0 unspecified atom stereocenters. The zero-order valence-electron chi connectivity index (χ0n) is 9.34. The Hall–Kier alpha value is -1.23. The van der Waals surface area contributed by atoms with E-state index in [2.05, 4.69) is 4.72 Å². The van der Waals surface area contributed by atoms with Crippen LogP contribution < -0.4 is 14.6 Å². The number of anilines is 1. The van der Waals surface area contributed by atoms with Crippen molar-refractivity contribution in [3.05, 3.63) is 24.0 Å². The number of primary sulfonamides is 1. The van der Waals surface area contributed by atoms with Crippen LogP contribution in [0.25, 0.3) is 0 Å². The van der Waals surface area contributed by atoms with E-state index in [1.165, 1.54) is 0 Å². The third-order valence-corrected chi connectivity index (χ3v) is 3.92. The Labute approximate surface area is 104 Å². The molecule has 0 bridgehead atoms. The van der Waals surface area contributed by atoms with Gasteiger partial charge in [-0.2, -0.15) is 13.1 Å². The third kappa shape index (κ3) is 3.91. The normalized spacial score (nSPS) is 12.4. The second-order valence-corrected chi connectivity index (χ2v) is 6.35. The van der Waals surface area contributed by atoms with Crippen molar-refractivity contribution in [1.29, 1.82) is 0 Å². The smallest absolute Gasteiger partial charge is 0.268 e. The molecule has 0 aromatic heterocycles. The van der Waals surface area contributed by atoms with Crippen LogP contribution in [-0.2, 0) is 20.2 Å². The average Bonchev–Trinajstić information content (AvgIpc) is 2.19. The fraction of sp³-hybridized carbons (Fsp3) is 0.250. The lowest BCUT2D eigenvalue weighted by Crippen LogP contribution is -2.30. The fourth-order valence-corrected chi connectivity index (χ4v) is 2.56. The summed E-state index contributed by atoms with van der Waals surface area (Å²) >= 11 is 0. The van der Waals surface area contributed by atoms with Crippen molar-refractivity contribution in [2.45, 2.75) is 11.8 Å². The maximum absolute atomic E-state index is 13.5. The molecule has 0 amide bonds. The van der Waals surface area contributed by atoms with Gasteiger partial charge in [0.15, 0.2) is 0 Å². The first-order valence-electron chi connectivity index (χ1n) is 4.75. The van der Waals surface area contributed by atoms with E-state index in [1.54, 1.807) is 6.92 Å². The SMILES string of the molecule is CCNS(=O)(=O)Nc1ccc(S(N)(=O)=O)cc1F. The van der Waals surface area contributed by atoms with Gasteiger partial charge in [0.1, 0.15) is 5.82 Å². The highest BCUT2D eigenvalue weighted by Crippen LogP contribution is 2.18. The van der Waals surface area contributed by atoms with E-state index in [4.69, 9.17) is 5.14 Å². The van der Waals surface area contributed by atoms with E-state index in [0.717, 1.165) is 12.1 Å².